The SMILES string of the molecule is Cn1ccc2c(OCC(=O)Nc3nnc(C4CCC4)s3)cccc21. The lowest BCUT2D eigenvalue weighted by Crippen LogP contribution is -2.20. The van der Waals surface area contributed by atoms with Crippen LogP contribution in [0.5, 0.6) is 5.75 Å². The van der Waals surface area contributed by atoms with Crippen LogP contribution < -0.4 is 10.1 Å². The number of amides is 1. The second-order valence-corrected chi connectivity index (χ2v) is 7.03. The Bertz CT molecular complexity index is 882. The number of aromatic nitrogens is 3. The van der Waals surface area contributed by atoms with Crippen molar-refractivity contribution in [2.45, 2.75) is 25.2 Å². The smallest absolute Gasteiger partial charge is 0.264 e. The molecule has 1 N–H and O–H groups in total. The van der Waals surface area contributed by atoms with Crippen LogP contribution in [0.2, 0.25) is 0 Å². The third-order valence-corrected chi connectivity index (χ3v) is 5.39. The van der Waals surface area contributed by atoms with Crippen LogP contribution in [0.25, 0.3) is 10.9 Å². The summed E-state index contributed by atoms with van der Waals surface area (Å²) in [6.45, 7) is -0.0493. The number of ether oxygens (including phenoxy) is 1. The van der Waals surface area contributed by atoms with Gasteiger partial charge in [0.1, 0.15) is 10.8 Å². The third kappa shape index (κ3) is 2.87. The summed E-state index contributed by atoms with van der Waals surface area (Å²) in [5.41, 5.74) is 1.07. The highest BCUT2D eigenvalue weighted by Gasteiger charge is 2.23. The predicted octanol–water partition coefficient (Wildman–Crippen LogP) is 3.31. The van der Waals surface area contributed by atoms with Gasteiger partial charge >= 0.3 is 0 Å². The lowest BCUT2D eigenvalue weighted by molar-refractivity contribution is -0.118. The molecule has 2 heterocycles. The first kappa shape index (κ1) is 15.1. The van der Waals surface area contributed by atoms with Crippen LogP contribution in [0.4, 0.5) is 5.13 Å². The Balaban J connectivity index is 1.38. The fourth-order valence-corrected chi connectivity index (χ4v) is 3.73. The fourth-order valence-electron chi connectivity index (χ4n) is 2.80. The molecule has 0 unspecified atom stereocenters. The topological polar surface area (TPSA) is 69.0 Å². The molecule has 3 aromatic rings. The normalized spacial score (nSPS) is 14.5. The third-order valence-electron chi connectivity index (χ3n) is 4.39. The van der Waals surface area contributed by atoms with Crippen molar-refractivity contribution in [2.75, 3.05) is 11.9 Å². The molecule has 4 rings (SSSR count). The average molecular weight is 342 g/mol. The molecule has 0 atom stereocenters. The van der Waals surface area contributed by atoms with Crippen LogP contribution in [0.15, 0.2) is 30.5 Å². The van der Waals surface area contributed by atoms with Crippen LogP contribution in [-0.2, 0) is 11.8 Å². The molecule has 1 fully saturated rings. The van der Waals surface area contributed by atoms with Crippen LogP contribution in [0.1, 0.15) is 30.2 Å². The molecule has 1 saturated carbocycles. The van der Waals surface area contributed by atoms with Crippen molar-refractivity contribution in [3.8, 4) is 5.75 Å². The van der Waals surface area contributed by atoms with Gasteiger partial charge in [0.2, 0.25) is 5.13 Å². The van der Waals surface area contributed by atoms with E-state index in [-0.39, 0.29) is 12.5 Å². The van der Waals surface area contributed by atoms with E-state index in [1.807, 2.05) is 42.1 Å². The molecule has 0 saturated heterocycles. The first-order valence-corrected chi connectivity index (χ1v) is 8.82. The van der Waals surface area contributed by atoms with E-state index >= 15 is 0 Å². The van der Waals surface area contributed by atoms with E-state index < -0.39 is 0 Å². The van der Waals surface area contributed by atoms with E-state index in [0.29, 0.717) is 16.8 Å². The number of nitrogens with one attached hydrogen (secondary N) is 1. The zero-order chi connectivity index (χ0) is 16.5. The second kappa shape index (κ2) is 6.24. The minimum absolute atomic E-state index is 0.0493. The van der Waals surface area contributed by atoms with Gasteiger partial charge in [0.05, 0.1) is 5.52 Å². The van der Waals surface area contributed by atoms with Crippen LogP contribution in [0.3, 0.4) is 0 Å². The highest BCUT2D eigenvalue weighted by atomic mass is 32.1. The molecule has 124 valence electrons. The molecule has 1 aliphatic carbocycles. The Labute approximate surface area is 143 Å². The van der Waals surface area contributed by atoms with Crippen molar-refractivity contribution in [3.05, 3.63) is 35.5 Å². The highest BCUT2D eigenvalue weighted by Crippen LogP contribution is 2.38. The molecule has 0 spiro atoms. The number of hydrogen-bond donors (Lipinski definition) is 1. The molecule has 24 heavy (non-hydrogen) atoms. The van der Waals surface area contributed by atoms with Gasteiger partial charge < -0.3 is 9.30 Å². The Kier molecular flexibility index (Phi) is 3.93. The first-order chi connectivity index (χ1) is 11.7. The summed E-state index contributed by atoms with van der Waals surface area (Å²) < 4.78 is 7.70. The largest absolute Gasteiger partial charge is 0.483 e. The predicted molar refractivity (Wildman–Crippen MR) is 93.5 cm³/mol. The van der Waals surface area contributed by atoms with Gasteiger partial charge in [-0.3, -0.25) is 10.1 Å². The Hall–Kier alpha value is -2.41. The second-order valence-electron chi connectivity index (χ2n) is 6.03. The van der Waals surface area contributed by atoms with Crippen molar-refractivity contribution >= 4 is 33.3 Å². The molecule has 6 nitrogen and oxygen atoms in total. The molecule has 0 aliphatic heterocycles. The monoisotopic (exact) mass is 342 g/mol. The number of anilines is 1. The number of hydrogen-bond acceptors (Lipinski definition) is 5. The summed E-state index contributed by atoms with van der Waals surface area (Å²) in [6.07, 6.45) is 5.57. The number of carbonyl (C=O) groups is 1. The van der Waals surface area contributed by atoms with Gasteiger partial charge in [0.25, 0.3) is 5.91 Å². The molecule has 0 bridgehead atoms. The number of fused-ring (bicyclic) bond motifs is 1. The average Bonchev–Trinajstić information content (AvgIpc) is 3.11. The fraction of sp³-hybridized carbons (Fsp3) is 0.353. The summed E-state index contributed by atoms with van der Waals surface area (Å²) in [6, 6.07) is 7.80. The van der Waals surface area contributed by atoms with Gasteiger partial charge in [0.15, 0.2) is 6.61 Å². The van der Waals surface area contributed by atoms with Crippen molar-refractivity contribution < 1.29 is 9.53 Å². The van der Waals surface area contributed by atoms with Crippen LogP contribution in [0, 0.1) is 0 Å². The van der Waals surface area contributed by atoms with Crippen molar-refractivity contribution in [1.82, 2.24) is 14.8 Å². The summed E-state index contributed by atoms with van der Waals surface area (Å²) >= 11 is 1.46. The maximum atomic E-state index is 12.1. The maximum Gasteiger partial charge on any atom is 0.264 e. The van der Waals surface area contributed by atoms with E-state index in [1.54, 1.807) is 0 Å². The lowest BCUT2D eigenvalue weighted by Gasteiger charge is -2.21. The number of nitrogens with zero attached hydrogens (tertiary/aromatic N) is 3. The number of carbonyl (C=O) groups excluding carboxylic acids is 1. The van der Waals surface area contributed by atoms with E-state index in [2.05, 4.69) is 15.5 Å². The highest BCUT2D eigenvalue weighted by molar-refractivity contribution is 7.15. The first-order valence-electron chi connectivity index (χ1n) is 8.01. The molecule has 1 aromatic carbocycles. The Morgan fingerprint density at radius 2 is 2.25 bits per heavy atom. The zero-order valence-electron chi connectivity index (χ0n) is 13.4. The van der Waals surface area contributed by atoms with E-state index in [9.17, 15) is 4.79 Å². The lowest BCUT2D eigenvalue weighted by atomic mass is 9.86. The summed E-state index contributed by atoms with van der Waals surface area (Å²) in [5.74, 6) is 1.01. The van der Waals surface area contributed by atoms with Gasteiger partial charge in [0, 0.05) is 24.5 Å². The zero-order valence-corrected chi connectivity index (χ0v) is 14.2. The Morgan fingerprint density at radius 1 is 1.38 bits per heavy atom. The molecule has 1 amide bonds. The Morgan fingerprint density at radius 3 is 3.04 bits per heavy atom. The van der Waals surface area contributed by atoms with E-state index in [0.717, 1.165) is 15.9 Å². The van der Waals surface area contributed by atoms with Crippen molar-refractivity contribution in [1.29, 1.82) is 0 Å². The number of aryl methyl sites for hydroxylation is 1. The quantitative estimate of drug-likeness (QED) is 0.772. The van der Waals surface area contributed by atoms with Crippen molar-refractivity contribution in [3.63, 3.8) is 0 Å². The minimum Gasteiger partial charge on any atom is -0.483 e. The maximum absolute atomic E-state index is 12.1. The van der Waals surface area contributed by atoms with Crippen LogP contribution >= 0.6 is 11.3 Å². The molecule has 1 aliphatic rings. The van der Waals surface area contributed by atoms with Gasteiger partial charge in [-0.05, 0) is 31.0 Å². The molecular weight excluding hydrogens is 324 g/mol. The van der Waals surface area contributed by atoms with E-state index in [1.165, 1.54) is 30.6 Å². The van der Waals surface area contributed by atoms with Crippen molar-refractivity contribution in [2.24, 2.45) is 7.05 Å². The number of rotatable bonds is 5. The minimum atomic E-state index is -0.223. The summed E-state index contributed by atoms with van der Waals surface area (Å²) in [4.78, 5) is 12.1. The molecule has 0 radical (unpaired) electrons. The van der Waals surface area contributed by atoms with Gasteiger partial charge in [-0.25, -0.2) is 0 Å². The molecule has 2 aromatic heterocycles. The van der Waals surface area contributed by atoms with Gasteiger partial charge in [-0.2, -0.15) is 0 Å². The summed E-state index contributed by atoms with van der Waals surface area (Å²) in [7, 11) is 1.98. The van der Waals surface area contributed by atoms with E-state index in [4.69, 9.17) is 4.74 Å². The van der Waals surface area contributed by atoms with Gasteiger partial charge in [-0.1, -0.05) is 23.8 Å². The molecule has 7 heteroatoms. The number of benzene rings is 1. The van der Waals surface area contributed by atoms with Gasteiger partial charge in [-0.15, -0.1) is 10.2 Å². The summed E-state index contributed by atoms with van der Waals surface area (Å²) in [5, 5.41) is 13.5. The standard InChI is InChI=1S/C17H18N4O2S/c1-21-9-8-12-13(21)6-3-7-14(12)23-10-15(22)18-17-20-19-16(24-17)11-4-2-5-11/h3,6-9,11H,2,4-5,10H2,1H3,(H,18,20,22). The van der Waals surface area contributed by atoms with Crippen LogP contribution in [-0.4, -0.2) is 27.3 Å². The molecular formula is C17H18N4O2S.